The zero-order valence-corrected chi connectivity index (χ0v) is 9.62. The van der Waals surface area contributed by atoms with Gasteiger partial charge >= 0.3 is 0 Å². The van der Waals surface area contributed by atoms with Gasteiger partial charge in [0.2, 0.25) is 0 Å². The van der Waals surface area contributed by atoms with Crippen molar-refractivity contribution in [2.75, 3.05) is 0 Å². The fraction of sp³-hybridized carbons (Fsp3) is 0.500. The van der Waals surface area contributed by atoms with E-state index in [4.69, 9.17) is 0 Å². The summed E-state index contributed by atoms with van der Waals surface area (Å²) < 4.78 is 0. The second-order valence-electron chi connectivity index (χ2n) is 4.52. The van der Waals surface area contributed by atoms with Gasteiger partial charge in [0.1, 0.15) is 0 Å². The molecule has 76 valence electrons. The molecule has 14 heavy (non-hydrogen) atoms. The van der Waals surface area contributed by atoms with Crippen LogP contribution in [0, 0.1) is 24.2 Å². The van der Waals surface area contributed by atoms with Gasteiger partial charge in [-0.15, -0.1) is 0 Å². The van der Waals surface area contributed by atoms with Crippen LogP contribution in [0.25, 0.3) is 0 Å². The summed E-state index contributed by atoms with van der Waals surface area (Å²) in [7, 11) is 0. The molecule has 0 aliphatic rings. The van der Waals surface area contributed by atoms with Gasteiger partial charge in [-0.3, -0.25) is 0 Å². The highest BCUT2D eigenvalue weighted by Gasteiger charge is 2.18. The minimum atomic E-state index is 0.553. The molecule has 0 fully saturated rings. The van der Waals surface area contributed by atoms with Crippen LogP contribution in [0.4, 0.5) is 0 Å². The Kier molecular flexibility index (Phi) is 4.19. The van der Waals surface area contributed by atoms with E-state index in [1.54, 1.807) is 0 Å². The van der Waals surface area contributed by atoms with Gasteiger partial charge in [-0.1, -0.05) is 58.0 Å². The third kappa shape index (κ3) is 3.17. The van der Waals surface area contributed by atoms with Crippen molar-refractivity contribution in [1.82, 2.24) is 0 Å². The summed E-state index contributed by atoms with van der Waals surface area (Å²) in [4.78, 5) is 0. The summed E-state index contributed by atoms with van der Waals surface area (Å²) in [6.45, 7) is 9.06. The van der Waals surface area contributed by atoms with Crippen LogP contribution in [0.3, 0.4) is 0 Å². The smallest absolute Gasteiger partial charge is 0.0203 e. The lowest BCUT2D eigenvalue weighted by Gasteiger charge is -2.24. The lowest BCUT2D eigenvalue weighted by Crippen LogP contribution is -2.16. The molecule has 0 spiro atoms. The van der Waals surface area contributed by atoms with Crippen molar-refractivity contribution in [2.24, 2.45) is 17.8 Å². The summed E-state index contributed by atoms with van der Waals surface area (Å²) >= 11 is 0. The Morgan fingerprint density at radius 3 is 1.79 bits per heavy atom. The first-order valence-corrected chi connectivity index (χ1v) is 5.43. The highest BCUT2D eigenvalue weighted by atomic mass is 14.2. The Balaban J connectivity index is 2.65. The normalized spacial score (nSPS) is 11.6. The molecular weight excluding hydrogens is 168 g/mol. The molecular formula is C14H20. The molecule has 0 heteroatoms. The van der Waals surface area contributed by atoms with E-state index in [1.807, 2.05) is 6.07 Å². The quantitative estimate of drug-likeness (QED) is 0.669. The van der Waals surface area contributed by atoms with E-state index in [9.17, 15) is 0 Å². The van der Waals surface area contributed by atoms with Crippen LogP contribution in [0.1, 0.15) is 33.3 Å². The van der Waals surface area contributed by atoms with E-state index in [0.29, 0.717) is 17.8 Å². The van der Waals surface area contributed by atoms with Crippen LogP contribution < -0.4 is 0 Å². The Bertz CT molecular complexity index is 238. The van der Waals surface area contributed by atoms with E-state index in [2.05, 4.69) is 58.4 Å². The second-order valence-corrected chi connectivity index (χ2v) is 4.52. The van der Waals surface area contributed by atoms with Gasteiger partial charge in [-0.2, -0.15) is 0 Å². The summed E-state index contributed by atoms with van der Waals surface area (Å²) in [6, 6.07) is 10.4. The van der Waals surface area contributed by atoms with Crippen molar-refractivity contribution < 1.29 is 0 Å². The first kappa shape index (κ1) is 11.3. The molecule has 0 saturated heterocycles. The van der Waals surface area contributed by atoms with Gasteiger partial charge in [0, 0.05) is 6.42 Å². The molecule has 0 atom stereocenters. The molecule has 0 saturated carbocycles. The molecule has 0 nitrogen and oxygen atoms in total. The van der Waals surface area contributed by atoms with Gasteiger partial charge < -0.3 is 0 Å². The summed E-state index contributed by atoms with van der Waals surface area (Å²) in [6.07, 6.45) is 3.58. The Morgan fingerprint density at radius 1 is 0.857 bits per heavy atom. The van der Waals surface area contributed by atoms with Gasteiger partial charge in [0.05, 0.1) is 0 Å². The molecule has 0 unspecified atom stereocenters. The second kappa shape index (κ2) is 5.19. The summed E-state index contributed by atoms with van der Waals surface area (Å²) in [5.74, 6) is 1.88. The third-order valence-electron chi connectivity index (χ3n) is 2.54. The topological polar surface area (TPSA) is 0 Å². The van der Waals surface area contributed by atoms with Crippen molar-refractivity contribution in [1.29, 1.82) is 0 Å². The Labute approximate surface area is 88.4 Å². The maximum absolute atomic E-state index is 3.58. The molecule has 1 aromatic carbocycles. The van der Waals surface area contributed by atoms with E-state index >= 15 is 0 Å². The standard InChI is InChI=1S/C14H20/c1-11(2)14(12(3)4)10-13-8-6-5-7-9-13/h5-9,11-12,14H,1-4H3. The van der Waals surface area contributed by atoms with Crippen LogP contribution in [0.5, 0.6) is 0 Å². The molecule has 1 aromatic rings. The predicted molar refractivity (Wildman–Crippen MR) is 62.0 cm³/mol. The van der Waals surface area contributed by atoms with Crippen molar-refractivity contribution in [3.8, 4) is 0 Å². The molecule has 1 rings (SSSR count). The van der Waals surface area contributed by atoms with Gasteiger partial charge in [0.25, 0.3) is 0 Å². The van der Waals surface area contributed by atoms with E-state index < -0.39 is 0 Å². The lowest BCUT2D eigenvalue weighted by molar-refractivity contribution is 0.337. The first-order valence-electron chi connectivity index (χ1n) is 5.43. The van der Waals surface area contributed by atoms with Crippen LogP contribution in [0.2, 0.25) is 0 Å². The molecule has 0 amide bonds. The average Bonchev–Trinajstić information content (AvgIpc) is 2.15. The van der Waals surface area contributed by atoms with Crippen molar-refractivity contribution in [3.63, 3.8) is 0 Å². The SMILES string of the molecule is CC(C)C([C]c1ccccc1)C(C)C. The van der Waals surface area contributed by atoms with E-state index in [-0.39, 0.29) is 0 Å². The van der Waals surface area contributed by atoms with E-state index in [0.717, 1.165) is 0 Å². The Hall–Kier alpha value is -0.780. The number of hydrogen-bond donors (Lipinski definition) is 0. The molecule has 0 N–H and O–H groups in total. The molecule has 0 aliphatic heterocycles. The minimum absolute atomic E-state index is 0.553. The first-order chi connectivity index (χ1) is 6.61. The average molecular weight is 188 g/mol. The summed E-state index contributed by atoms with van der Waals surface area (Å²) in [5, 5.41) is 0. The highest BCUT2D eigenvalue weighted by Crippen LogP contribution is 2.26. The molecule has 2 radical (unpaired) electrons. The highest BCUT2D eigenvalue weighted by molar-refractivity contribution is 5.23. The van der Waals surface area contributed by atoms with Crippen molar-refractivity contribution in [2.45, 2.75) is 27.7 Å². The molecule has 0 bridgehead atoms. The molecule has 0 heterocycles. The van der Waals surface area contributed by atoms with Crippen molar-refractivity contribution >= 4 is 0 Å². The third-order valence-corrected chi connectivity index (χ3v) is 2.54. The van der Waals surface area contributed by atoms with Crippen LogP contribution in [-0.2, 0) is 0 Å². The fourth-order valence-corrected chi connectivity index (χ4v) is 1.83. The predicted octanol–water partition coefficient (Wildman–Crippen LogP) is 4.04. The maximum atomic E-state index is 3.58. The van der Waals surface area contributed by atoms with Crippen molar-refractivity contribution in [3.05, 3.63) is 42.3 Å². The van der Waals surface area contributed by atoms with Crippen LogP contribution >= 0.6 is 0 Å². The maximum Gasteiger partial charge on any atom is 0.0203 e. The summed E-state index contributed by atoms with van der Waals surface area (Å²) in [5.41, 5.74) is 1.22. The van der Waals surface area contributed by atoms with Crippen LogP contribution in [-0.4, -0.2) is 0 Å². The monoisotopic (exact) mass is 188 g/mol. The number of rotatable bonds is 4. The van der Waals surface area contributed by atoms with Gasteiger partial charge in [0.15, 0.2) is 0 Å². The largest absolute Gasteiger partial charge is 0.0625 e. The van der Waals surface area contributed by atoms with Gasteiger partial charge in [-0.25, -0.2) is 0 Å². The molecule has 0 aromatic heterocycles. The molecule has 0 aliphatic carbocycles. The lowest BCUT2D eigenvalue weighted by atomic mass is 9.81. The minimum Gasteiger partial charge on any atom is -0.0625 e. The zero-order valence-electron chi connectivity index (χ0n) is 9.62. The zero-order chi connectivity index (χ0) is 10.6. The van der Waals surface area contributed by atoms with E-state index in [1.165, 1.54) is 5.56 Å². The van der Waals surface area contributed by atoms with Crippen LogP contribution in [0.15, 0.2) is 30.3 Å². The number of hydrogen-bond acceptors (Lipinski definition) is 0. The van der Waals surface area contributed by atoms with Gasteiger partial charge in [-0.05, 0) is 23.3 Å². The Morgan fingerprint density at radius 2 is 1.36 bits per heavy atom. The number of benzene rings is 1. The fourth-order valence-electron chi connectivity index (χ4n) is 1.83.